The third-order valence-corrected chi connectivity index (χ3v) is 5.24. The monoisotopic (exact) mass is 389 g/mol. The first-order valence-corrected chi connectivity index (χ1v) is 10.3. The zero-order valence-corrected chi connectivity index (χ0v) is 17.2. The van der Waals surface area contributed by atoms with E-state index in [1.807, 2.05) is 50.4 Å². The van der Waals surface area contributed by atoms with Gasteiger partial charge in [-0.05, 0) is 44.4 Å². The number of carbonyl (C=O) groups is 2. The van der Waals surface area contributed by atoms with Gasteiger partial charge < -0.3 is 14.8 Å². The maximum atomic E-state index is 12.6. The molecule has 0 saturated carbocycles. The molecule has 2 rings (SSSR count). The van der Waals surface area contributed by atoms with Gasteiger partial charge in [0.25, 0.3) is 0 Å². The van der Waals surface area contributed by atoms with Crippen LogP contribution in [0.15, 0.2) is 29.6 Å². The van der Waals surface area contributed by atoms with Gasteiger partial charge in [-0.1, -0.05) is 26.0 Å². The lowest BCUT2D eigenvalue weighted by Gasteiger charge is -2.13. The summed E-state index contributed by atoms with van der Waals surface area (Å²) in [5, 5.41) is 5.34. The van der Waals surface area contributed by atoms with E-state index in [0.717, 1.165) is 29.7 Å². The van der Waals surface area contributed by atoms with Gasteiger partial charge in [0.15, 0.2) is 0 Å². The molecule has 0 unspecified atom stereocenters. The van der Waals surface area contributed by atoms with Crippen LogP contribution in [-0.2, 0) is 9.53 Å². The summed E-state index contributed by atoms with van der Waals surface area (Å²) in [6, 6.07) is 7.55. The van der Waals surface area contributed by atoms with Crippen molar-refractivity contribution in [3.8, 4) is 16.9 Å². The van der Waals surface area contributed by atoms with Crippen LogP contribution in [0.25, 0.3) is 11.1 Å². The Kier molecular flexibility index (Phi) is 7.85. The summed E-state index contributed by atoms with van der Waals surface area (Å²) in [7, 11) is 0. The molecule has 0 aliphatic rings. The van der Waals surface area contributed by atoms with Crippen LogP contribution in [0.4, 0.5) is 5.00 Å². The average molecular weight is 390 g/mol. The normalized spacial score (nSPS) is 10.7. The Morgan fingerprint density at radius 2 is 1.70 bits per heavy atom. The number of ether oxygens (including phenoxy) is 2. The highest BCUT2D eigenvalue weighted by atomic mass is 32.1. The number of benzene rings is 1. The van der Waals surface area contributed by atoms with E-state index in [2.05, 4.69) is 5.32 Å². The second kappa shape index (κ2) is 10.1. The fraction of sp³-hybridized carbons (Fsp3) is 0.429. The number of rotatable bonds is 9. The number of hydrogen-bond donors (Lipinski definition) is 1. The third-order valence-electron chi connectivity index (χ3n) is 4.34. The van der Waals surface area contributed by atoms with Crippen LogP contribution < -0.4 is 10.1 Å². The highest BCUT2D eigenvalue weighted by Crippen LogP contribution is 2.37. The van der Waals surface area contributed by atoms with Gasteiger partial charge in [-0.3, -0.25) is 4.79 Å². The quantitative estimate of drug-likeness (QED) is 0.586. The SMILES string of the molecule is CCOC(=O)c1c(-c2ccc(OCC)cc2)csc1NC(=O)C(CC)CC. The van der Waals surface area contributed by atoms with Crippen molar-refractivity contribution in [3.05, 3.63) is 35.2 Å². The number of carbonyl (C=O) groups excluding carboxylic acids is 2. The van der Waals surface area contributed by atoms with Gasteiger partial charge in [0.2, 0.25) is 5.91 Å². The molecule has 0 radical (unpaired) electrons. The molecule has 1 N–H and O–H groups in total. The van der Waals surface area contributed by atoms with Crippen molar-refractivity contribution in [2.45, 2.75) is 40.5 Å². The Balaban J connectivity index is 2.38. The van der Waals surface area contributed by atoms with E-state index in [1.54, 1.807) is 6.92 Å². The molecule has 0 aliphatic heterocycles. The average Bonchev–Trinajstić information content (AvgIpc) is 3.07. The van der Waals surface area contributed by atoms with Gasteiger partial charge in [0.1, 0.15) is 16.3 Å². The summed E-state index contributed by atoms with van der Waals surface area (Å²) in [5.41, 5.74) is 2.03. The molecule has 1 aromatic carbocycles. The summed E-state index contributed by atoms with van der Waals surface area (Å²) < 4.78 is 10.7. The molecule has 0 fully saturated rings. The zero-order chi connectivity index (χ0) is 19.8. The predicted molar refractivity (Wildman–Crippen MR) is 110 cm³/mol. The first kappa shape index (κ1) is 21.0. The van der Waals surface area contributed by atoms with Crippen LogP contribution in [0.2, 0.25) is 0 Å². The fourth-order valence-electron chi connectivity index (χ4n) is 2.84. The van der Waals surface area contributed by atoms with Gasteiger partial charge in [-0.15, -0.1) is 11.3 Å². The lowest BCUT2D eigenvalue weighted by Crippen LogP contribution is -2.22. The zero-order valence-electron chi connectivity index (χ0n) is 16.3. The molecule has 0 saturated heterocycles. The molecule has 0 atom stereocenters. The minimum Gasteiger partial charge on any atom is -0.494 e. The van der Waals surface area contributed by atoms with E-state index >= 15 is 0 Å². The summed E-state index contributed by atoms with van der Waals surface area (Å²) >= 11 is 1.34. The largest absolute Gasteiger partial charge is 0.494 e. The summed E-state index contributed by atoms with van der Waals surface area (Å²) in [4.78, 5) is 25.1. The van der Waals surface area contributed by atoms with E-state index in [4.69, 9.17) is 9.47 Å². The summed E-state index contributed by atoms with van der Waals surface area (Å²) in [5.74, 6) is 0.209. The van der Waals surface area contributed by atoms with Gasteiger partial charge in [0, 0.05) is 16.9 Å². The Hall–Kier alpha value is -2.34. The highest BCUT2D eigenvalue weighted by Gasteiger charge is 2.24. The number of amides is 1. The molecule has 1 aromatic heterocycles. The fourth-order valence-corrected chi connectivity index (χ4v) is 3.80. The first-order valence-electron chi connectivity index (χ1n) is 9.38. The summed E-state index contributed by atoms with van der Waals surface area (Å²) in [6.07, 6.45) is 1.52. The highest BCUT2D eigenvalue weighted by molar-refractivity contribution is 7.15. The number of anilines is 1. The predicted octanol–water partition coefficient (Wildman–Crippen LogP) is 5.37. The molecule has 27 heavy (non-hydrogen) atoms. The Bertz CT molecular complexity index is 763. The molecular formula is C21H27NO4S. The van der Waals surface area contributed by atoms with Crippen molar-refractivity contribution in [1.29, 1.82) is 0 Å². The lowest BCUT2D eigenvalue weighted by atomic mass is 10.0. The minimum atomic E-state index is -0.428. The second-order valence-corrected chi connectivity index (χ2v) is 6.91. The van der Waals surface area contributed by atoms with Crippen molar-refractivity contribution >= 4 is 28.2 Å². The van der Waals surface area contributed by atoms with Gasteiger partial charge in [-0.2, -0.15) is 0 Å². The molecule has 5 nitrogen and oxygen atoms in total. The molecule has 2 aromatic rings. The third kappa shape index (κ3) is 5.10. The summed E-state index contributed by atoms with van der Waals surface area (Å²) in [6.45, 7) is 8.54. The van der Waals surface area contributed by atoms with Crippen molar-refractivity contribution in [3.63, 3.8) is 0 Å². The van der Waals surface area contributed by atoms with E-state index in [9.17, 15) is 9.59 Å². The van der Waals surface area contributed by atoms with E-state index in [0.29, 0.717) is 17.2 Å². The van der Waals surface area contributed by atoms with Gasteiger partial charge in [0.05, 0.1) is 13.2 Å². The van der Waals surface area contributed by atoms with E-state index in [-0.39, 0.29) is 18.4 Å². The smallest absolute Gasteiger partial charge is 0.341 e. The maximum absolute atomic E-state index is 12.6. The Morgan fingerprint density at radius 3 is 2.26 bits per heavy atom. The molecular weight excluding hydrogens is 362 g/mol. The van der Waals surface area contributed by atoms with Crippen LogP contribution in [0, 0.1) is 5.92 Å². The number of esters is 1. The molecule has 1 heterocycles. The molecule has 0 aliphatic carbocycles. The first-order chi connectivity index (χ1) is 13.0. The number of nitrogens with one attached hydrogen (secondary N) is 1. The van der Waals surface area contributed by atoms with Gasteiger partial charge >= 0.3 is 5.97 Å². The van der Waals surface area contributed by atoms with Gasteiger partial charge in [-0.25, -0.2) is 4.79 Å². The molecule has 146 valence electrons. The van der Waals surface area contributed by atoms with Crippen molar-refractivity contribution < 1.29 is 19.1 Å². The number of thiophene rings is 1. The number of hydrogen-bond acceptors (Lipinski definition) is 5. The van der Waals surface area contributed by atoms with Crippen LogP contribution in [-0.4, -0.2) is 25.1 Å². The van der Waals surface area contributed by atoms with Crippen LogP contribution >= 0.6 is 11.3 Å². The molecule has 6 heteroatoms. The molecule has 0 spiro atoms. The lowest BCUT2D eigenvalue weighted by molar-refractivity contribution is -0.120. The Labute approximate surface area is 164 Å². The molecule has 1 amide bonds. The second-order valence-electron chi connectivity index (χ2n) is 6.03. The topological polar surface area (TPSA) is 64.6 Å². The van der Waals surface area contributed by atoms with Crippen LogP contribution in [0.3, 0.4) is 0 Å². The van der Waals surface area contributed by atoms with Crippen molar-refractivity contribution in [2.24, 2.45) is 5.92 Å². The minimum absolute atomic E-state index is 0.0642. The van der Waals surface area contributed by atoms with Crippen LogP contribution in [0.5, 0.6) is 5.75 Å². The molecule has 0 bridgehead atoms. The standard InChI is InChI=1S/C21H27NO4S/c1-5-14(6-2)19(23)22-20-18(21(24)26-8-4)17(13-27-20)15-9-11-16(12-10-15)25-7-3/h9-14H,5-8H2,1-4H3,(H,22,23). The van der Waals surface area contributed by atoms with Crippen molar-refractivity contribution in [2.75, 3.05) is 18.5 Å². The Morgan fingerprint density at radius 1 is 1.04 bits per heavy atom. The van der Waals surface area contributed by atoms with E-state index in [1.165, 1.54) is 11.3 Å². The van der Waals surface area contributed by atoms with Crippen LogP contribution in [0.1, 0.15) is 50.9 Å². The van der Waals surface area contributed by atoms with E-state index < -0.39 is 5.97 Å². The van der Waals surface area contributed by atoms with Crippen molar-refractivity contribution in [1.82, 2.24) is 0 Å². The maximum Gasteiger partial charge on any atom is 0.341 e.